The standard InChI is InChI=1S/C13H14BrNO3/c1-3-4-8(2)12(16)15-11-6-9(13(17)18)5-10(14)7-11/h4-7H,3H2,1-2H3,(H,15,16)(H,17,18)/b8-4-. The zero-order chi connectivity index (χ0) is 13.7. The molecule has 1 aromatic rings. The molecule has 1 amide bonds. The van der Waals surface area contributed by atoms with Gasteiger partial charge in [-0.25, -0.2) is 4.79 Å². The number of anilines is 1. The molecule has 0 saturated heterocycles. The number of amides is 1. The third-order valence-corrected chi connectivity index (χ3v) is 2.73. The number of carbonyl (C=O) groups excluding carboxylic acids is 1. The number of aromatic carboxylic acids is 1. The summed E-state index contributed by atoms with van der Waals surface area (Å²) in [6.07, 6.45) is 2.59. The Labute approximate surface area is 114 Å². The van der Waals surface area contributed by atoms with E-state index in [9.17, 15) is 9.59 Å². The molecule has 0 bridgehead atoms. The van der Waals surface area contributed by atoms with Gasteiger partial charge in [-0.3, -0.25) is 4.79 Å². The highest BCUT2D eigenvalue weighted by molar-refractivity contribution is 9.10. The summed E-state index contributed by atoms with van der Waals surface area (Å²) in [6, 6.07) is 4.56. The van der Waals surface area contributed by atoms with Crippen LogP contribution in [0.15, 0.2) is 34.3 Å². The molecule has 5 heteroatoms. The largest absolute Gasteiger partial charge is 0.478 e. The lowest BCUT2D eigenvalue weighted by Crippen LogP contribution is -2.13. The monoisotopic (exact) mass is 311 g/mol. The Morgan fingerprint density at radius 3 is 2.61 bits per heavy atom. The molecule has 0 heterocycles. The van der Waals surface area contributed by atoms with E-state index >= 15 is 0 Å². The number of nitrogens with one attached hydrogen (secondary N) is 1. The van der Waals surface area contributed by atoms with E-state index in [2.05, 4.69) is 21.2 Å². The van der Waals surface area contributed by atoms with E-state index in [0.717, 1.165) is 6.42 Å². The molecule has 0 unspecified atom stereocenters. The van der Waals surface area contributed by atoms with Crippen molar-refractivity contribution < 1.29 is 14.7 Å². The van der Waals surface area contributed by atoms with Crippen LogP contribution in [0.5, 0.6) is 0 Å². The number of carbonyl (C=O) groups is 2. The van der Waals surface area contributed by atoms with Crippen molar-refractivity contribution in [3.8, 4) is 0 Å². The summed E-state index contributed by atoms with van der Waals surface area (Å²) in [4.78, 5) is 22.6. The van der Waals surface area contributed by atoms with Crippen LogP contribution in [0, 0.1) is 0 Å². The third kappa shape index (κ3) is 4.00. The Hall–Kier alpha value is -1.62. The van der Waals surface area contributed by atoms with E-state index in [0.29, 0.717) is 15.7 Å². The molecule has 0 atom stereocenters. The predicted molar refractivity (Wildman–Crippen MR) is 73.8 cm³/mol. The molecule has 96 valence electrons. The SMILES string of the molecule is CC/C=C(/C)C(=O)Nc1cc(Br)cc(C(=O)O)c1. The molecule has 0 aliphatic heterocycles. The Balaban J connectivity index is 2.95. The first kappa shape index (κ1) is 14.4. The van der Waals surface area contributed by atoms with Crippen molar-refractivity contribution >= 4 is 33.5 Å². The smallest absolute Gasteiger partial charge is 0.335 e. The van der Waals surface area contributed by atoms with Crippen LogP contribution in [0.3, 0.4) is 0 Å². The van der Waals surface area contributed by atoms with Gasteiger partial charge in [-0.05, 0) is 31.5 Å². The summed E-state index contributed by atoms with van der Waals surface area (Å²) >= 11 is 3.21. The molecule has 1 aromatic carbocycles. The van der Waals surface area contributed by atoms with Crippen LogP contribution in [-0.4, -0.2) is 17.0 Å². The molecule has 0 radical (unpaired) electrons. The highest BCUT2D eigenvalue weighted by Gasteiger charge is 2.09. The Kier molecular flexibility index (Phi) is 5.09. The van der Waals surface area contributed by atoms with E-state index in [1.807, 2.05) is 13.0 Å². The molecule has 2 N–H and O–H groups in total. The van der Waals surface area contributed by atoms with Crippen LogP contribution in [0.2, 0.25) is 0 Å². The van der Waals surface area contributed by atoms with Crippen LogP contribution in [0.4, 0.5) is 5.69 Å². The van der Waals surface area contributed by atoms with Gasteiger partial charge in [0.2, 0.25) is 0 Å². The average molecular weight is 312 g/mol. The summed E-state index contributed by atoms with van der Waals surface area (Å²) in [5.41, 5.74) is 1.18. The van der Waals surface area contributed by atoms with Crippen molar-refractivity contribution in [3.63, 3.8) is 0 Å². The van der Waals surface area contributed by atoms with E-state index in [-0.39, 0.29) is 11.5 Å². The van der Waals surface area contributed by atoms with Gasteiger partial charge in [0.1, 0.15) is 0 Å². The second-order valence-corrected chi connectivity index (χ2v) is 4.70. The first-order valence-electron chi connectivity index (χ1n) is 5.46. The fraction of sp³-hybridized carbons (Fsp3) is 0.231. The zero-order valence-electron chi connectivity index (χ0n) is 10.2. The number of hydrogen-bond donors (Lipinski definition) is 2. The van der Waals surface area contributed by atoms with Gasteiger partial charge in [0.05, 0.1) is 5.56 Å². The minimum Gasteiger partial charge on any atom is -0.478 e. The molecule has 18 heavy (non-hydrogen) atoms. The fourth-order valence-electron chi connectivity index (χ4n) is 1.41. The summed E-state index contributed by atoms with van der Waals surface area (Å²) in [5.74, 6) is -1.26. The number of allylic oxidation sites excluding steroid dienone is 1. The molecule has 0 aliphatic carbocycles. The van der Waals surface area contributed by atoms with E-state index in [4.69, 9.17) is 5.11 Å². The molecule has 0 saturated carbocycles. The van der Waals surface area contributed by atoms with E-state index in [1.165, 1.54) is 12.1 Å². The maximum Gasteiger partial charge on any atom is 0.335 e. The minimum absolute atomic E-state index is 0.122. The highest BCUT2D eigenvalue weighted by Crippen LogP contribution is 2.20. The predicted octanol–water partition coefficient (Wildman–Crippen LogP) is 3.44. The van der Waals surface area contributed by atoms with E-state index < -0.39 is 5.97 Å². The second kappa shape index (κ2) is 6.35. The molecule has 1 rings (SSSR count). The summed E-state index contributed by atoms with van der Waals surface area (Å²) in [5, 5.41) is 11.6. The first-order valence-corrected chi connectivity index (χ1v) is 6.25. The molecule has 0 aromatic heterocycles. The number of rotatable bonds is 4. The average Bonchev–Trinajstić information content (AvgIpc) is 2.28. The van der Waals surface area contributed by atoms with Gasteiger partial charge >= 0.3 is 5.97 Å². The number of carboxylic acid groups (broad SMARTS) is 1. The summed E-state index contributed by atoms with van der Waals surface area (Å²) < 4.78 is 0.606. The quantitative estimate of drug-likeness (QED) is 0.837. The number of carboxylic acids is 1. The fourth-order valence-corrected chi connectivity index (χ4v) is 1.91. The summed E-state index contributed by atoms with van der Waals surface area (Å²) in [6.45, 7) is 3.66. The van der Waals surface area contributed by atoms with Gasteiger partial charge in [0.25, 0.3) is 5.91 Å². The van der Waals surface area contributed by atoms with Crippen LogP contribution < -0.4 is 5.32 Å². The molecule has 0 fully saturated rings. The normalized spacial score (nSPS) is 11.2. The Bertz CT molecular complexity index is 509. The van der Waals surface area contributed by atoms with Crippen molar-refractivity contribution in [2.24, 2.45) is 0 Å². The highest BCUT2D eigenvalue weighted by atomic mass is 79.9. The maximum absolute atomic E-state index is 11.8. The van der Waals surface area contributed by atoms with Crippen molar-refractivity contribution in [1.82, 2.24) is 0 Å². The van der Waals surface area contributed by atoms with Crippen molar-refractivity contribution in [1.29, 1.82) is 0 Å². The van der Waals surface area contributed by atoms with Gasteiger partial charge < -0.3 is 10.4 Å². The van der Waals surface area contributed by atoms with Gasteiger partial charge in [-0.1, -0.05) is 28.9 Å². The first-order chi connectivity index (χ1) is 8.43. The molecular formula is C13H14BrNO3. The number of benzene rings is 1. The van der Waals surface area contributed by atoms with Crippen LogP contribution >= 0.6 is 15.9 Å². The molecule has 4 nitrogen and oxygen atoms in total. The molecule has 0 aliphatic rings. The summed E-state index contributed by atoms with van der Waals surface area (Å²) in [7, 11) is 0. The van der Waals surface area contributed by atoms with Gasteiger partial charge in [0.15, 0.2) is 0 Å². The minimum atomic E-state index is -1.03. The molecular weight excluding hydrogens is 298 g/mol. The molecule has 0 spiro atoms. The van der Waals surface area contributed by atoms with Gasteiger partial charge in [-0.15, -0.1) is 0 Å². The van der Waals surface area contributed by atoms with Crippen molar-refractivity contribution in [3.05, 3.63) is 39.9 Å². The second-order valence-electron chi connectivity index (χ2n) is 3.78. The van der Waals surface area contributed by atoms with Crippen molar-refractivity contribution in [2.45, 2.75) is 20.3 Å². The van der Waals surface area contributed by atoms with Crippen LogP contribution in [0.1, 0.15) is 30.6 Å². The topological polar surface area (TPSA) is 66.4 Å². The Morgan fingerprint density at radius 1 is 1.39 bits per heavy atom. The zero-order valence-corrected chi connectivity index (χ0v) is 11.7. The number of hydrogen-bond acceptors (Lipinski definition) is 2. The van der Waals surface area contributed by atoms with Gasteiger partial charge in [-0.2, -0.15) is 0 Å². The van der Waals surface area contributed by atoms with Gasteiger partial charge in [0, 0.05) is 15.7 Å². The number of halogens is 1. The van der Waals surface area contributed by atoms with E-state index in [1.54, 1.807) is 13.0 Å². The lowest BCUT2D eigenvalue weighted by molar-refractivity contribution is -0.112. The van der Waals surface area contributed by atoms with Crippen LogP contribution in [-0.2, 0) is 4.79 Å². The van der Waals surface area contributed by atoms with Crippen LogP contribution in [0.25, 0.3) is 0 Å². The third-order valence-electron chi connectivity index (χ3n) is 2.27. The Morgan fingerprint density at radius 2 is 2.06 bits per heavy atom. The lowest BCUT2D eigenvalue weighted by atomic mass is 10.2. The van der Waals surface area contributed by atoms with Crippen molar-refractivity contribution in [2.75, 3.05) is 5.32 Å². The maximum atomic E-state index is 11.8. The lowest BCUT2D eigenvalue weighted by Gasteiger charge is -2.07.